The molecule has 0 bridgehead atoms. The molecular formula is C24H21N3O2. The highest BCUT2D eigenvalue weighted by atomic mass is 16.5. The number of aromatic nitrogens is 3. The molecule has 144 valence electrons. The summed E-state index contributed by atoms with van der Waals surface area (Å²) in [5.41, 5.74) is 6.46. The standard InChI is InChI=1S/C24H21N3O2/c28-20(12-27-14-25-13-26-27)21-11-17-6-3-5-16-10-18-9-8-15-4-1-2-7-19(15)23(18)24(29-21)22(16)17/h1-9,13-14,20-21,24,28H,10-12H2. The Balaban J connectivity index is 1.46. The molecule has 0 radical (unpaired) electrons. The van der Waals surface area contributed by atoms with Crippen molar-refractivity contribution in [2.24, 2.45) is 0 Å². The van der Waals surface area contributed by atoms with Gasteiger partial charge in [-0.2, -0.15) is 5.10 Å². The molecule has 29 heavy (non-hydrogen) atoms. The van der Waals surface area contributed by atoms with Gasteiger partial charge in [-0.05, 0) is 45.0 Å². The molecule has 4 aromatic rings. The summed E-state index contributed by atoms with van der Waals surface area (Å²) >= 11 is 0. The van der Waals surface area contributed by atoms with Gasteiger partial charge in [0, 0.05) is 6.42 Å². The first-order chi connectivity index (χ1) is 14.3. The lowest BCUT2D eigenvalue weighted by Crippen LogP contribution is -2.40. The van der Waals surface area contributed by atoms with E-state index in [-0.39, 0.29) is 12.2 Å². The van der Waals surface area contributed by atoms with Gasteiger partial charge in [-0.3, -0.25) is 4.68 Å². The van der Waals surface area contributed by atoms with Crippen LogP contribution in [0.3, 0.4) is 0 Å². The van der Waals surface area contributed by atoms with E-state index in [0.29, 0.717) is 13.0 Å². The van der Waals surface area contributed by atoms with Gasteiger partial charge in [0.1, 0.15) is 24.9 Å². The van der Waals surface area contributed by atoms with Crippen LogP contribution in [0.25, 0.3) is 10.8 Å². The van der Waals surface area contributed by atoms with Crippen molar-refractivity contribution >= 4 is 10.8 Å². The fourth-order valence-electron chi connectivity index (χ4n) is 4.93. The Morgan fingerprint density at radius 3 is 2.76 bits per heavy atom. The minimum absolute atomic E-state index is 0.153. The molecule has 1 aliphatic heterocycles. The molecule has 0 fully saturated rings. The predicted molar refractivity (Wildman–Crippen MR) is 110 cm³/mol. The maximum Gasteiger partial charge on any atom is 0.137 e. The van der Waals surface area contributed by atoms with Crippen molar-refractivity contribution in [2.75, 3.05) is 0 Å². The topological polar surface area (TPSA) is 60.2 Å². The highest BCUT2D eigenvalue weighted by molar-refractivity contribution is 5.88. The first kappa shape index (κ1) is 16.9. The van der Waals surface area contributed by atoms with Crippen molar-refractivity contribution in [1.29, 1.82) is 0 Å². The van der Waals surface area contributed by atoms with Crippen LogP contribution in [0.4, 0.5) is 0 Å². The molecule has 5 heteroatoms. The summed E-state index contributed by atoms with van der Waals surface area (Å²) in [4.78, 5) is 3.97. The zero-order chi connectivity index (χ0) is 19.4. The second kappa shape index (κ2) is 6.51. The third kappa shape index (κ3) is 2.69. The van der Waals surface area contributed by atoms with Crippen molar-refractivity contribution in [3.8, 4) is 0 Å². The Labute approximate surface area is 168 Å². The first-order valence-corrected chi connectivity index (χ1v) is 10.0. The van der Waals surface area contributed by atoms with Crippen LogP contribution in [-0.4, -0.2) is 32.1 Å². The minimum atomic E-state index is -0.658. The molecule has 0 saturated carbocycles. The lowest BCUT2D eigenvalue weighted by molar-refractivity contribution is -0.0798. The summed E-state index contributed by atoms with van der Waals surface area (Å²) in [7, 11) is 0. The van der Waals surface area contributed by atoms with Gasteiger partial charge < -0.3 is 9.84 Å². The van der Waals surface area contributed by atoms with Crippen LogP contribution in [0.15, 0.2) is 67.3 Å². The van der Waals surface area contributed by atoms with E-state index in [1.165, 1.54) is 44.9 Å². The van der Waals surface area contributed by atoms with Crippen LogP contribution in [0.5, 0.6) is 0 Å². The summed E-state index contributed by atoms with van der Waals surface area (Å²) < 4.78 is 8.28. The molecule has 0 saturated heterocycles. The molecular weight excluding hydrogens is 362 g/mol. The first-order valence-electron chi connectivity index (χ1n) is 10.0. The van der Waals surface area contributed by atoms with Gasteiger partial charge in [-0.15, -0.1) is 0 Å². The average Bonchev–Trinajstić information content (AvgIpc) is 3.26. The van der Waals surface area contributed by atoms with Crippen molar-refractivity contribution in [1.82, 2.24) is 14.8 Å². The molecule has 2 aliphatic rings. The second-order valence-corrected chi connectivity index (χ2v) is 7.97. The predicted octanol–water partition coefficient (Wildman–Crippen LogP) is 3.43. The number of hydrogen-bond donors (Lipinski definition) is 1. The molecule has 5 nitrogen and oxygen atoms in total. The van der Waals surface area contributed by atoms with E-state index < -0.39 is 6.10 Å². The van der Waals surface area contributed by atoms with Gasteiger partial charge in [0.2, 0.25) is 0 Å². The summed E-state index contributed by atoms with van der Waals surface area (Å²) in [6, 6.07) is 19.4. The minimum Gasteiger partial charge on any atom is -0.388 e. The molecule has 3 unspecified atom stereocenters. The van der Waals surface area contributed by atoms with Crippen LogP contribution in [0.2, 0.25) is 0 Å². The zero-order valence-electron chi connectivity index (χ0n) is 15.9. The maximum atomic E-state index is 10.9. The maximum absolute atomic E-state index is 10.9. The second-order valence-electron chi connectivity index (χ2n) is 7.97. The molecule has 1 aromatic heterocycles. The average molecular weight is 383 g/mol. The number of ether oxygens (including phenoxy) is 1. The van der Waals surface area contributed by atoms with Gasteiger partial charge in [-0.1, -0.05) is 54.6 Å². The Bertz CT molecular complexity index is 1200. The zero-order valence-corrected chi connectivity index (χ0v) is 15.9. The Hall–Kier alpha value is -3.02. The summed E-state index contributed by atoms with van der Waals surface area (Å²) in [6.07, 6.45) is 3.64. The number of aliphatic hydroxyl groups excluding tert-OH is 1. The Morgan fingerprint density at radius 1 is 1.00 bits per heavy atom. The number of nitrogens with zero attached hydrogens (tertiary/aromatic N) is 3. The third-order valence-corrected chi connectivity index (χ3v) is 6.25. The van der Waals surface area contributed by atoms with Gasteiger partial charge >= 0.3 is 0 Å². The lowest BCUT2D eigenvalue weighted by Gasteiger charge is -2.39. The molecule has 1 aliphatic carbocycles. The van der Waals surface area contributed by atoms with Gasteiger partial charge in [0.25, 0.3) is 0 Å². The Kier molecular flexibility index (Phi) is 3.79. The monoisotopic (exact) mass is 383 g/mol. The van der Waals surface area contributed by atoms with E-state index in [4.69, 9.17) is 4.74 Å². The van der Waals surface area contributed by atoms with Crippen molar-refractivity contribution in [2.45, 2.75) is 37.7 Å². The summed E-state index contributed by atoms with van der Waals surface area (Å²) in [5, 5.41) is 17.5. The van der Waals surface area contributed by atoms with E-state index >= 15 is 0 Å². The number of rotatable bonds is 3. The smallest absolute Gasteiger partial charge is 0.137 e. The normalized spacial score (nSPS) is 20.9. The van der Waals surface area contributed by atoms with E-state index in [9.17, 15) is 5.11 Å². The fourth-order valence-corrected chi connectivity index (χ4v) is 4.93. The van der Waals surface area contributed by atoms with E-state index in [1.54, 1.807) is 11.0 Å². The van der Waals surface area contributed by atoms with Crippen LogP contribution in [-0.2, 0) is 24.1 Å². The molecule has 3 atom stereocenters. The fraction of sp³-hybridized carbons (Fsp3) is 0.250. The number of aliphatic hydroxyl groups is 1. The molecule has 0 amide bonds. The Morgan fingerprint density at radius 2 is 1.86 bits per heavy atom. The SMILES string of the molecule is OC(Cn1cncn1)C1Cc2cccc3c2C(O1)c1c(ccc2ccccc12)C3. The number of benzene rings is 3. The lowest BCUT2D eigenvalue weighted by atomic mass is 9.77. The van der Waals surface area contributed by atoms with Crippen molar-refractivity contribution in [3.63, 3.8) is 0 Å². The van der Waals surface area contributed by atoms with Crippen LogP contribution >= 0.6 is 0 Å². The van der Waals surface area contributed by atoms with E-state index in [1.807, 2.05) is 0 Å². The molecule has 0 spiro atoms. The quantitative estimate of drug-likeness (QED) is 0.589. The van der Waals surface area contributed by atoms with Crippen molar-refractivity contribution in [3.05, 3.63) is 95.1 Å². The van der Waals surface area contributed by atoms with Crippen LogP contribution < -0.4 is 0 Å². The van der Waals surface area contributed by atoms with Crippen LogP contribution in [0, 0.1) is 0 Å². The van der Waals surface area contributed by atoms with Gasteiger partial charge in [0.05, 0.1) is 12.6 Å². The van der Waals surface area contributed by atoms with Gasteiger partial charge in [-0.25, -0.2) is 4.98 Å². The highest BCUT2D eigenvalue weighted by Crippen LogP contribution is 2.46. The van der Waals surface area contributed by atoms with Crippen LogP contribution in [0.1, 0.15) is 33.9 Å². The van der Waals surface area contributed by atoms with E-state index in [0.717, 1.165) is 6.42 Å². The summed E-state index contributed by atoms with van der Waals surface area (Å²) in [5.74, 6) is 0. The van der Waals surface area contributed by atoms with Crippen molar-refractivity contribution < 1.29 is 9.84 Å². The molecule has 6 rings (SSSR count). The highest BCUT2D eigenvalue weighted by Gasteiger charge is 2.38. The molecule has 2 heterocycles. The number of hydrogen-bond acceptors (Lipinski definition) is 4. The van der Waals surface area contributed by atoms with Gasteiger partial charge in [0.15, 0.2) is 0 Å². The number of fused-ring (bicyclic) bond motifs is 4. The van der Waals surface area contributed by atoms with E-state index in [2.05, 4.69) is 64.7 Å². The molecule has 3 aromatic carbocycles. The molecule has 1 N–H and O–H groups in total. The third-order valence-electron chi connectivity index (χ3n) is 6.25. The summed E-state index contributed by atoms with van der Waals surface area (Å²) in [6.45, 7) is 0.370. The largest absolute Gasteiger partial charge is 0.388 e.